The van der Waals surface area contributed by atoms with E-state index in [1.54, 1.807) is 39.0 Å². The number of phosphoric ester groups is 1. The van der Waals surface area contributed by atoms with Crippen molar-refractivity contribution in [3.8, 4) is 0 Å². The Kier molecular flexibility index (Phi) is 9.37. The Bertz CT molecular complexity index is 1430. The number of carbonyl (C=O) groups is 3. The van der Waals surface area contributed by atoms with Gasteiger partial charge in [-0.1, -0.05) is 18.1 Å². The van der Waals surface area contributed by atoms with E-state index >= 15 is 0 Å². The van der Waals surface area contributed by atoms with Gasteiger partial charge in [-0.15, -0.1) is 0 Å². The van der Waals surface area contributed by atoms with Crippen LogP contribution in [0.5, 0.6) is 0 Å². The maximum atomic E-state index is 13.1. The van der Waals surface area contributed by atoms with Crippen molar-refractivity contribution in [3.63, 3.8) is 0 Å². The summed E-state index contributed by atoms with van der Waals surface area (Å²) in [6.07, 6.45) is 1.92. The van der Waals surface area contributed by atoms with Crippen molar-refractivity contribution >= 4 is 43.1 Å². The monoisotopic (exact) mass is 562 g/mol. The zero-order valence-corrected chi connectivity index (χ0v) is 22.1. The molecule has 0 aliphatic heterocycles. The molecule has 3 rings (SSSR count). The van der Waals surface area contributed by atoms with Crippen LogP contribution in [0.25, 0.3) is 0 Å². The number of imide groups is 1. The molecule has 0 spiro atoms. The molecule has 0 unspecified atom stereocenters. The van der Waals surface area contributed by atoms with Gasteiger partial charge in [0.1, 0.15) is 12.1 Å². The van der Waals surface area contributed by atoms with Crippen LogP contribution in [0.3, 0.4) is 0 Å². The minimum absolute atomic E-state index is 0.0170. The number of aromatic nitrogens is 2. The Hall–Kier alpha value is -4.30. The van der Waals surface area contributed by atoms with E-state index in [0.717, 1.165) is 10.5 Å². The van der Waals surface area contributed by atoms with E-state index in [2.05, 4.69) is 29.7 Å². The van der Waals surface area contributed by atoms with Gasteiger partial charge in [-0.25, -0.2) is 23.8 Å². The standard InChI is InChI=1S/C23H27N6O9P/c1-4-8-29(23(32)36-12-38-39(33,34)35)22(31)16-11-25-19(14(16)3)20(24)26-17-10-15(6-5-13(17)2)21(30)27-18-7-9-37-28-18/h5-7,9-11,25H,4,8,12H2,1-3H3,(H2,24,26)(H,27,28,30)(H2,33,34,35). The lowest BCUT2D eigenvalue weighted by Gasteiger charge is -2.19. The Morgan fingerprint density at radius 1 is 1.26 bits per heavy atom. The van der Waals surface area contributed by atoms with Crippen molar-refractivity contribution in [1.82, 2.24) is 15.0 Å². The first-order chi connectivity index (χ1) is 18.4. The van der Waals surface area contributed by atoms with E-state index in [-0.39, 0.29) is 23.8 Å². The summed E-state index contributed by atoms with van der Waals surface area (Å²) in [5, 5.41) is 6.23. The fourth-order valence-electron chi connectivity index (χ4n) is 3.37. The third kappa shape index (κ3) is 7.61. The number of anilines is 1. The molecular weight excluding hydrogens is 535 g/mol. The van der Waals surface area contributed by atoms with Crippen molar-refractivity contribution in [2.45, 2.75) is 27.2 Å². The topological polar surface area (TPSA) is 223 Å². The maximum absolute atomic E-state index is 13.1. The van der Waals surface area contributed by atoms with Gasteiger partial charge in [0, 0.05) is 24.4 Å². The van der Waals surface area contributed by atoms with Crippen molar-refractivity contribution in [2.24, 2.45) is 10.7 Å². The maximum Gasteiger partial charge on any atom is 0.472 e. The number of aryl methyl sites for hydroxylation is 1. The zero-order valence-electron chi connectivity index (χ0n) is 21.2. The first kappa shape index (κ1) is 29.3. The highest BCUT2D eigenvalue weighted by molar-refractivity contribution is 7.46. The molecule has 3 aromatic rings. The van der Waals surface area contributed by atoms with E-state index in [0.29, 0.717) is 28.9 Å². The Morgan fingerprint density at radius 2 is 2.00 bits per heavy atom. The minimum atomic E-state index is -4.86. The van der Waals surface area contributed by atoms with Gasteiger partial charge >= 0.3 is 13.9 Å². The number of ether oxygens (including phenoxy) is 1. The fourth-order valence-corrected chi connectivity index (χ4v) is 3.56. The van der Waals surface area contributed by atoms with Gasteiger partial charge in [-0.05, 0) is 43.5 Å². The van der Waals surface area contributed by atoms with Gasteiger partial charge in [-0.3, -0.25) is 9.59 Å². The van der Waals surface area contributed by atoms with Crippen LogP contribution in [0.4, 0.5) is 16.3 Å². The van der Waals surface area contributed by atoms with Crippen LogP contribution in [-0.4, -0.2) is 61.9 Å². The number of amides is 3. The van der Waals surface area contributed by atoms with Gasteiger partial charge in [0.25, 0.3) is 11.8 Å². The molecular formula is C23H27N6O9P. The number of rotatable bonds is 10. The van der Waals surface area contributed by atoms with E-state index in [9.17, 15) is 18.9 Å². The van der Waals surface area contributed by atoms with Crippen molar-refractivity contribution in [2.75, 3.05) is 18.7 Å². The predicted octanol–water partition coefficient (Wildman–Crippen LogP) is 2.96. The van der Waals surface area contributed by atoms with Crippen LogP contribution in [0, 0.1) is 13.8 Å². The van der Waals surface area contributed by atoms with E-state index in [4.69, 9.17) is 20.0 Å². The highest BCUT2D eigenvalue weighted by atomic mass is 31.2. The van der Waals surface area contributed by atoms with Gasteiger partial charge < -0.3 is 35.1 Å². The molecule has 0 bridgehead atoms. The smallest absolute Gasteiger partial charge is 0.421 e. The summed E-state index contributed by atoms with van der Waals surface area (Å²) in [7, 11) is -4.86. The second-order valence-corrected chi connectivity index (χ2v) is 9.38. The molecule has 3 amide bonds. The molecule has 0 saturated carbocycles. The Labute approximate surface area is 222 Å². The summed E-state index contributed by atoms with van der Waals surface area (Å²) in [5.74, 6) is -0.895. The van der Waals surface area contributed by atoms with Crippen molar-refractivity contribution in [1.29, 1.82) is 0 Å². The van der Waals surface area contributed by atoms with Crippen LogP contribution < -0.4 is 11.1 Å². The number of aromatic amines is 1. The minimum Gasteiger partial charge on any atom is -0.421 e. The molecule has 0 fully saturated rings. The summed E-state index contributed by atoms with van der Waals surface area (Å²) >= 11 is 0. The van der Waals surface area contributed by atoms with Crippen molar-refractivity contribution in [3.05, 3.63) is 64.7 Å². The average Bonchev–Trinajstić information content (AvgIpc) is 3.52. The molecule has 6 N–H and O–H groups in total. The molecule has 39 heavy (non-hydrogen) atoms. The molecule has 0 aliphatic rings. The van der Waals surface area contributed by atoms with Crippen LogP contribution >= 0.6 is 7.82 Å². The summed E-state index contributed by atoms with van der Waals surface area (Å²) < 4.78 is 24.3. The second-order valence-electron chi connectivity index (χ2n) is 8.14. The normalized spacial score (nSPS) is 11.8. The first-order valence-electron chi connectivity index (χ1n) is 11.4. The number of benzene rings is 1. The summed E-state index contributed by atoms with van der Waals surface area (Å²) in [6, 6.07) is 6.35. The lowest BCUT2D eigenvalue weighted by atomic mass is 10.1. The number of hydrogen-bond donors (Lipinski definition) is 5. The van der Waals surface area contributed by atoms with Gasteiger partial charge in [0.15, 0.2) is 5.82 Å². The largest absolute Gasteiger partial charge is 0.472 e. The molecule has 1 aromatic carbocycles. The molecule has 0 radical (unpaired) electrons. The average molecular weight is 562 g/mol. The third-order valence-corrected chi connectivity index (χ3v) is 5.78. The number of aliphatic imine (C=N–C) groups is 1. The quantitative estimate of drug-likeness (QED) is 0.104. The molecule has 16 heteroatoms. The SMILES string of the molecule is CCCN(C(=O)OCOP(=O)(O)O)C(=O)c1c[nH]c(C(N)=Nc2cc(C(=O)Nc3ccon3)ccc2C)c1C. The number of carbonyl (C=O) groups excluding carboxylic acids is 3. The molecule has 15 nitrogen and oxygen atoms in total. The highest BCUT2D eigenvalue weighted by Gasteiger charge is 2.28. The molecule has 2 heterocycles. The fraction of sp³-hybridized carbons (Fsp3) is 0.261. The molecule has 208 valence electrons. The Morgan fingerprint density at radius 3 is 2.64 bits per heavy atom. The van der Waals surface area contributed by atoms with Crippen LogP contribution in [0.1, 0.15) is 50.9 Å². The van der Waals surface area contributed by atoms with Crippen LogP contribution in [0.2, 0.25) is 0 Å². The predicted molar refractivity (Wildman–Crippen MR) is 137 cm³/mol. The van der Waals surface area contributed by atoms with E-state index < -0.39 is 32.5 Å². The van der Waals surface area contributed by atoms with E-state index in [1.165, 1.54) is 18.5 Å². The Balaban J connectivity index is 1.81. The van der Waals surface area contributed by atoms with Crippen LogP contribution in [-0.2, 0) is 13.8 Å². The van der Waals surface area contributed by atoms with Crippen LogP contribution in [0.15, 0.2) is 46.2 Å². The second kappa shape index (κ2) is 12.5. The van der Waals surface area contributed by atoms with Gasteiger partial charge in [0.2, 0.25) is 6.79 Å². The highest BCUT2D eigenvalue weighted by Crippen LogP contribution is 2.35. The molecule has 0 aliphatic carbocycles. The summed E-state index contributed by atoms with van der Waals surface area (Å²) in [6.45, 7) is 4.04. The zero-order chi connectivity index (χ0) is 28.7. The first-order valence-corrected chi connectivity index (χ1v) is 13.0. The lowest BCUT2D eigenvalue weighted by molar-refractivity contribution is 0.0203. The molecule has 2 aromatic heterocycles. The van der Waals surface area contributed by atoms with Gasteiger partial charge in [0.05, 0.1) is 16.9 Å². The molecule has 0 atom stereocenters. The van der Waals surface area contributed by atoms with Gasteiger partial charge in [-0.2, -0.15) is 0 Å². The molecule has 0 saturated heterocycles. The number of phosphoric acid groups is 1. The third-order valence-electron chi connectivity index (χ3n) is 5.33. The number of nitrogens with zero attached hydrogens (tertiary/aromatic N) is 3. The lowest BCUT2D eigenvalue weighted by Crippen LogP contribution is -2.38. The summed E-state index contributed by atoms with van der Waals surface area (Å²) in [4.78, 5) is 63.6. The van der Waals surface area contributed by atoms with E-state index in [1.807, 2.05) is 0 Å². The van der Waals surface area contributed by atoms with Crippen molar-refractivity contribution < 1.29 is 42.5 Å². The summed E-state index contributed by atoms with van der Waals surface area (Å²) in [5.41, 5.74) is 8.46. The number of amidine groups is 1. The number of H-pyrrole nitrogens is 1. The number of nitrogens with one attached hydrogen (secondary N) is 2. The number of hydrogen-bond acceptors (Lipinski definition) is 9. The number of nitrogens with two attached hydrogens (primary N) is 1.